The standard InChI is InChI=1S/C16H14ClN3O3/c17-13-6-3-7-14(18-13)19-15(21)8-9-20-11-4-1-2-5-12(11)23-10-16(20)22/h1-7H,8-10H2,(H,18,19,21). The first-order valence-electron chi connectivity index (χ1n) is 7.08. The number of carbonyl (C=O) groups is 2. The van der Waals surface area contributed by atoms with E-state index in [9.17, 15) is 9.59 Å². The molecule has 0 saturated carbocycles. The lowest BCUT2D eigenvalue weighted by molar-refractivity contribution is -0.121. The fourth-order valence-electron chi connectivity index (χ4n) is 2.30. The van der Waals surface area contributed by atoms with Gasteiger partial charge in [0.2, 0.25) is 5.91 Å². The van der Waals surface area contributed by atoms with Crippen molar-refractivity contribution in [3.05, 3.63) is 47.6 Å². The summed E-state index contributed by atoms with van der Waals surface area (Å²) in [5.41, 5.74) is 0.678. The van der Waals surface area contributed by atoms with Crippen LogP contribution in [0.5, 0.6) is 5.75 Å². The number of aromatic nitrogens is 1. The molecule has 0 aliphatic carbocycles. The Bertz CT molecular complexity index is 751. The summed E-state index contributed by atoms with van der Waals surface area (Å²) in [4.78, 5) is 29.6. The smallest absolute Gasteiger partial charge is 0.265 e. The number of pyridine rings is 1. The first-order valence-corrected chi connectivity index (χ1v) is 7.46. The summed E-state index contributed by atoms with van der Waals surface area (Å²) in [7, 11) is 0. The molecule has 2 amide bonds. The Morgan fingerprint density at radius 1 is 1.26 bits per heavy atom. The largest absolute Gasteiger partial charge is 0.482 e. The molecular formula is C16H14ClN3O3. The van der Waals surface area contributed by atoms with Gasteiger partial charge in [0.15, 0.2) is 6.61 Å². The lowest BCUT2D eigenvalue weighted by Gasteiger charge is -2.29. The Kier molecular flexibility index (Phi) is 4.43. The second-order valence-electron chi connectivity index (χ2n) is 4.95. The average molecular weight is 332 g/mol. The van der Waals surface area contributed by atoms with Crippen LogP contribution < -0.4 is 15.0 Å². The van der Waals surface area contributed by atoms with Crippen molar-refractivity contribution >= 4 is 34.9 Å². The summed E-state index contributed by atoms with van der Waals surface area (Å²) in [5.74, 6) is 0.620. The Morgan fingerprint density at radius 3 is 2.91 bits per heavy atom. The van der Waals surface area contributed by atoms with Crippen LogP contribution in [0.2, 0.25) is 5.15 Å². The Morgan fingerprint density at radius 2 is 2.09 bits per heavy atom. The Hall–Kier alpha value is -2.60. The molecule has 1 aliphatic heterocycles. The van der Waals surface area contributed by atoms with Gasteiger partial charge >= 0.3 is 0 Å². The molecule has 2 aromatic rings. The Labute approximate surface area is 138 Å². The molecule has 118 valence electrons. The fraction of sp³-hybridized carbons (Fsp3) is 0.188. The van der Waals surface area contributed by atoms with E-state index in [1.165, 1.54) is 0 Å². The fourth-order valence-corrected chi connectivity index (χ4v) is 2.46. The van der Waals surface area contributed by atoms with Crippen LogP contribution >= 0.6 is 11.6 Å². The molecule has 1 aromatic heterocycles. The van der Waals surface area contributed by atoms with Gasteiger partial charge in [-0.3, -0.25) is 9.59 Å². The van der Waals surface area contributed by atoms with Crippen LogP contribution in [0.4, 0.5) is 11.5 Å². The number of ether oxygens (including phenoxy) is 1. The average Bonchev–Trinajstić information content (AvgIpc) is 2.54. The van der Waals surface area contributed by atoms with E-state index in [1.54, 1.807) is 35.2 Å². The van der Waals surface area contributed by atoms with E-state index < -0.39 is 0 Å². The molecule has 0 bridgehead atoms. The maximum Gasteiger partial charge on any atom is 0.265 e. The van der Waals surface area contributed by atoms with Gasteiger partial charge in [0.05, 0.1) is 5.69 Å². The molecule has 1 aliphatic rings. The van der Waals surface area contributed by atoms with Crippen molar-refractivity contribution in [3.63, 3.8) is 0 Å². The molecule has 6 nitrogen and oxygen atoms in total. The number of halogens is 1. The summed E-state index contributed by atoms with van der Waals surface area (Å²) < 4.78 is 5.37. The van der Waals surface area contributed by atoms with E-state index in [0.29, 0.717) is 22.4 Å². The van der Waals surface area contributed by atoms with Gasteiger partial charge in [-0.15, -0.1) is 0 Å². The molecule has 1 aromatic carbocycles. The van der Waals surface area contributed by atoms with Gasteiger partial charge < -0.3 is 15.0 Å². The molecule has 2 heterocycles. The predicted molar refractivity (Wildman–Crippen MR) is 86.8 cm³/mol. The highest BCUT2D eigenvalue weighted by Crippen LogP contribution is 2.31. The van der Waals surface area contributed by atoms with Crippen molar-refractivity contribution in [1.82, 2.24) is 4.98 Å². The normalized spacial score (nSPS) is 13.3. The Balaban J connectivity index is 1.64. The third-order valence-corrected chi connectivity index (χ3v) is 3.56. The van der Waals surface area contributed by atoms with Crippen molar-refractivity contribution in [3.8, 4) is 5.75 Å². The number of rotatable bonds is 4. The second-order valence-corrected chi connectivity index (χ2v) is 5.33. The zero-order chi connectivity index (χ0) is 16.2. The molecule has 7 heteroatoms. The highest BCUT2D eigenvalue weighted by Gasteiger charge is 2.25. The lowest BCUT2D eigenvalue weighted by Crippen LogP contribution is -2.40. The van der Waals surface area contributed by atoms with E-state index in [4.69, 9.17) is 16.3 Å². The summed E-state index contributed by atoms with van der Waals surface area (Å²) in [6, 6.07) is 12.2. The summed E-state index contributed by atoms with van der Waals surface area (Å²) >= 11 is 5.77. The minimum atomic E-state index is -0.239. The molecule has 0 unspecified atom stereocenters. The second kappa shape index (κ2) is 6.66. The van der Waals surface area contributed by atoms with Crippen LogP contribution in [0.1, 0.15) is 6.42 Å². The van der Waals surface area contributed by atoms with E-state index >= 15 is 0 Å². The first kappa shape index (κ1) is 15.3. The minimum absolute atomic E-state index is 0.0194. The van der Waals surface area contributed by atoms with Crippen molar-refractivity contribution in [1.29, 1.82) is 0 Å². The minimum Gasteiger partial charge on any atom is -0.482 e. The lowest BCUT2D eigenvalue weighted by atomic mass is 10.2. The molecule has 0 fully saturated rings. The monoisotopic (exact) mass is 331 g/mol. The van der Waals surface area contributed by atoms with E-state index in [-0.39, 0.29) is 31.4 Å². The van der Waals surface area contributed by atoms with Crippen LogP contribution in [0, 0.1) is 0 Å². The van der Waals surface area contributed by atoms with Gasteiger partial charge in [-0.1, -0.05) is 29.8 Å². The van der Waals surface area contributed by atoms with Gasteiger partial charge in [-0.25, -0.2) is 4.98 Å². The van der Waals surface area contributed by atoms with Gasteiger partial charge in [-0.2, -0.15) is 0 Å². The highest BCUT2D eigenvalue weighted by molar-refractivity contribution is 6.29. The van der Waals surface area contributed by atoms with Gasteiger partial charge in [0.1, 0.15) is 16.7 Å². The number of amides is 2. The third kappa shape index (κ3) is 3.60. The number of hydrogen-bond acceptors (Lipinski definition) is 4. The number of carbonyl (C=O) groups excluding carboxylic acids is 2. The van der Waals surface area contributed by atoms with Crippen LogP contribution in [-0.2, 0) is 9.59 Å². The molecule has 23 heavy (non-hydrogen) atoms. The number of hydrogen-bond donors (Lipinski definition) is 1. The predicted octanol–water partition coefficient (Wildman–Crippen LogP) is 2.49. The number of nitrogens with zero attached hydrogens (tertiary/aromatic N) is 2. The zero-order valence-corrected chi connectivity index (χ0v) is 12.9. The van der Waals surface area contributed by atoms with E-state index in [0.717, 1.165) is 0 Å². The van der Waals surface area contributed by atoms with Crippen molar-refractivity contribution in [2.24, 2.45) is 0 Å². The summed E-state index contributed by atoms with van der Waals surface area (Å²) in [6.45, 7) is 0.250. The van der Waals surface area contributed by atoms with Crippen LogP contribution in [0.3, 0.4) is 0 Å². The number of benzene rings is 1. The van der Waals surface area contributed by atoms with Crippen molar-refractivity contribution < 1.29 is 14.3 Å². The summed E-state index contributed by atoms with van der Waals surface area (Å²) in [6.07, 6.45) is 0.147. The first-order chi connectivity index (χ1) is 11.1. The van der Waals surface area contributed by atoms with Crippen LogP contribution in [-0.4, -0.2) is 29.9 Å². The van der Waals surface area contributed by atoms with Crippen molar-refractivity contribution in [2.45, 2.75) is 6.42 Å². The number of nitrogens with one attached hydrogen (secondary N) is 1. The number of fused-ring (bicyclic) bond motifs is 1. The third-order valence-electron chi connectivity index (χ3n) is 3.35. The van der Waals surface area contributed by atoms with Gasteiger partial charge in [0.25, 0.3) is 5.91 Å². The maximum absolute atomic E-state index is 12.0. The van der Waals surface area contributed by atoms with Gasteiger partial charge in [-0.05, 0) is 24.3 Å². The van der Waals surface area contributed by atoms with Gasteiger partial charge in [0, 0.05) is 13.0 Å². The quantitative estimate of drug-likeness (QED) is 0.874. The van der Waals surface area contributed by atoms with E-state index in [1.807, 2.05) is 12.1 Å². The molecular weight excluding hydrogens is 318 g/mol. The molecule has 3 rings (SSSR count). The van der Waals surface area contributed by atoms with Crippen LogP contribution in [0.15, 0.2) is 42.5 Å². The van der Waals surface area contributed by atoms with E-state index in [2.05, 4.69) is 10.3 Å². The zero-order valence-electron chi connectivity index (χ0n) is 12.2. The topological polar surface area (TPSA) is 71.5 Å². The maximum atomic E-state index is 12.0. The number of para-hydroxylation sites is 2. The van der Waals surface area contributed by atoms with Crippen molar-refractivity contribution in [2.75, 3.05) is 23.4 Å². The molecule has 1 N–H and O–H groups in total. The van der Waals surface area contributed by atoms with Crippen LogP contribution in [0.25, 0.3) is 0 Å². The molecule has 0 spiro atoms. The molecule has 0 saturated heterocycles. The molecule has 0 atom stereocenters. The highest BCUT2D eigenvalue weighted by atomic mass is 35.5. The number of anilines is 2. The summed E-state index contributed by atoms with van der Waals surface area (Å²) in [5, 5.41) is 2.96. The molecule has 0 radical (unpaired) electrons. The SMILES string of the molecule is O=C(CCN1C(=O)COc2ccccc21)Nc1cccc(Cl)n1.